The van der Waals surface area contributed by atoms with E-state index in [-0.39, 0.29) is 11.7 Å². The standard InChI is InChI=1S/C14H14F2N4OS/c1-2-12-17-14(19-18-12)22-7-8-6-11(20-21-8)13-9(15)4-3-5-10(13)16/h3-5,8H,2,6-7H2,1H3,(H,17,18,19). The molecule has 8 heteroatoms. The summed E-state index contributed by atoms with van der Waals surface area (Å²) >= 11 is 1.42. The topological polar surface area (TPSA) is 63.2 Å². The Labute approximate surface area is 130 Å². The van der Waals surface area contributed by atoms with E-state index in [0.717, 1.165) is 12.2 Å². The maximum absolute atomic E-state index is 13.7. The summed E-state index contributed by atoms with van der Waals surface area (Å²) in [6.07, 6.45) is 0.894. The van der Waals surface area contributed by atoms with Crippen molar-refractivity contribution in [1.82, 2.24) is 15.2 Å². The number of halogens is 2. The van der Waals surface area contributed by atoms with Gasteiger partial charge in [-0.3, -0.25) is 5.10 Å². The average molecular weight is 324 g/mol. The lowest BCUT2D eigenvalue weighted by molar-refractivity contribution is 0.103. The minimum absolute atomic E-state index is 0.110. The number of benzene rings is 1. The quantitative estimate of drug-likeness (QED) is 0.859. The summed E-state index contributed by atoms with van der Waals surface area (Å²) < 4.78 is 27.4. The number of hydrogen-bond donors (Lipinski definition) is 1. The fourth-order valence-electron chi connectivity index (χ4n) is 2.11. The first kappa shape index (κ1) is 15.0. The summed E-state index contributed by atoms with van der Waals surface area (Å²) in [6, 6.07) is 3.75. The second-order valence-electron chi connectivity index (χ2n) is 4.80. The zero-order chi connectivity index (χ0) is 15.5. The maximum atomic E-state index is 13.7. The van der Waals surface area contributed by atoms with Crippen molar-refractivity contribution in [1.29, 1.82) is 0 Å². The number of nitrogens with zero attached hydrogens (tertiary/aromatic N) is 3. The summed E-state index contributed by atoms with van der Waals surface area (Å²) in [7, 11) is 0. The van der Waals surface area contributed by atoms with Gasteiger partial charge in [0.25, 0.3) is 0 Å². The first-order valence-corrected chi connectivity index (χ1v) is 7.87. The SMILES string of the molecule is CCc1nc(SCC2CC(c3c(F)cccc3F)=NO2)n[nH]1. The van der Waals surface area contributed by atoms with Crippen LogP contribution in [0, 0.1) is 11.6 Å². The van der Waals surface area contributed by atoms with Crippen LogP contribution in [0.2, 0.25) is 0 Å². The molecule has 0 saturated heterocycles. The molecule has 5 nitrogen and oxygen atoms in total. The van der Waals surface area contributed by atoms with Crippen molar-refractivity contribution in [3.05, 3.63) is 41.2 Å². The monoisotopic (exact) mass is 324 g/mol. The molecule has 0 fully saturated rings. The molecule has 2 aromatic rings. The molecular weight excluding hydrogens is 310 g/mol. The lowest BCUT2D eigenvalue weighted by Crippen LogP contribution is -2.13. The lowest BCUT2D eigenvalue weighted by Gasteiger charge is -2.06. The predicted octanol–water partition coefficient (Wildman–Crippen LogP) is 2.93. The van der Waals surface area contributed by atoms with Gasteiger partial charge in [-0.25, -0.2) is 13.8 Å². The van der Waals surface area contributed by atoms with Gasteiger partial charge in [0.1, 0.15) is 23.6 Å². The molecule has 0 radical (unpaired) electrons. The Morgan fingerprint density at radius 2 is 2.14 bits per heavy atom. The van der Waals surface area contributed by atoms with Crippen LogP contribution < -0.4 is 0 Å². The number of nitrogens with one attached hydrogen (secondary N) is 1. The van der Waals surface area contributed by atoms with Crippen LogP contribution in [-0.4, -0.2) is 32.7 Å². The summed E-state index contributed by atoms with van der Waals surface area (Å²) in [5, 5.41) is 11.3. The molecular formula is C14H14F2N4OS. The highest BCUT2D eigenvalue weighted by molar-refractivity contribution is 7.99. The largest absolute Gasteiger partial charge is 0.391 e. The van der Waals surface area contributed by atoms with Crippen molar-refractivity contribution in [3.63, 3.8) is 0 Å². The molecule has 22 heavy (non-hydrogen) atoms. The second-order valence-corrected chi connectivity index (χ2v) is 5.78. The van der Waals surface area contributed by atoms with Crippen molar-refractivity contribution in [2.24, 2.45) is 5.16 Å². The Morgan fingerprint density at radius 1 is 1.36 bits per heavy atom. The molecule has 116 valence electrons. The Bertz CT molecular complexity index is 684. The van der Waals surface area contributed by atoms with Crippen molar-refractivity contribution < 1.29 is 13.6 Å². The van der Waals surface area contributed by atoms with Gasteiger partial charge in [0.2, 0.25) is 5.16 Å². The van der Waals surface area contributed by atoms with Gasteiger partial charge in [-0.05, 0) is 12.1 Å². The molecule has 1 aliphatic heterocycles. The maximum Gasteiger partial charge on any atom is 0.208 e. The Kier molecular flexibility index (Phi) is 4.37. The number of rotatable bonds is 5. The molecule has 1 aromatic heterocycles. The van der Waals surface area contributed by atoms with Crippen LogP contribution in [0.25, 0.3) is 0 Å². The summed E-state index contributed by atoms with van der Waals surface area (Å²) in [5.74, 6) is 0.124. The third-order valence-corrected chi connectivity index (χ3v) is 4.21. The van der Waals surface area contributed by atoms with Crippen LogP contribution in [0.3, 0.4) is 0 Å². The fraction of sp³-hybridized carbons (Fsp3) is 0.357. The number of H-pyrrole nitrogens is 1. The third-order valence-electron chi connectivity index (χ3n) is 3.23. The van der Waals surface area contributed by atoms with Gasteiger partial charge < -0.3 is 4.84 Å². The van der Waals surface area contributed by atoms with Crippen LogP contribution >= 0.6 is 11.8 Å². The molecule has 0 aliphatic carbocycles. The number of oxime groups is 1. The van der Waals surface area contributed by atoms with Crippen LogP contribution in [0.1, 0.15) is 24.7 Å². The van der Waals surface area contributed by atoms with Gasteiger partial charge in [-0.2, -0.15) is 0 Å². The van der Waals surface area contributed by atoms with E-state index in [9.17, 15) is 8.78 Å². The van der Waals surface area contributed by atoms with E-state index in [1.807, 2.05) is 6.92 Å². The molecule has 2 heterocycles. The fourth-order valence-corrected chi connectivity index (χ4v) is 2.91. The van der Waals surface area contributed by atoms with Crippen molar-refractivity contribution in [2.75, 3.05) is 5.75 Å². The first-order valence-electron chi connectivity index (χ1n) is 6.88. The van der Waals surface area contributed by atoms with Crippen LogP contribution in [-0.2, 0) is 11.3 Å². The van der Waals surface area contributed by atoms with Gasteiger partial charge >= 0.3 is 0 Å². The van der Waals surface area contributed by atoms with Crippen molar-refractivity contribution >= 4 is 17.5 Å². The highest BCUT2D eigenvalue weighted by atomic mass is 32.2. The van der Waals surface area contributed by atoms with Gasteiger partial charge in [0.05, 0.1) is 11.3 Å². The summed E-state index contributed by atoms with van der Waals surface area (Å²) in [5.41, 5.74) is 0.187. The molecule has 1 aliphatic rings. The zero-order valence-electron chi connectivity index (χ0n) is 11.8. The highest BCUT2D eigenvalue weighted by Crippen LogP contribution is 2.25. The molecule has 0 spiro atoms. The Balaban J connectivity index is 1.60. The molecule has 1 aromatic carbocycles. The van der Waals surface area contributed by atoms with E-state index in [0.29, 0.717) is 23.0 Å². The number of aryl methyl sites for hydroxylation is 1. The average Bonchev–Trinajstić information content (AvgIpc) is 3.14. The first-order chi connectivity index (χ1) is 10.7. The van der Waals surface area contributed by atoms with E-state index >= 15 is 0 Å². The van der Waals surface area contributed by atoms with E-state index in [1.165, 1.54) is 30.0 Å². The minimum Gasteiger partial charge on any atom is -0.391 e. The zero-order valence-corrected chi connectivity index (χ0v) is 12.7. The number of aromatic nitrogens is 3. The molecule has 3 rings (SSSR count). The molecule has 0 saturated carbocycles. The van der Waals surface area contributed by atoms with E-state index in [1.54, 1.807) is 0 Å². The van der Waals surface area contributed by atoms with Gasteiger partial charge in [-0.15, -0.1) is 5.10 Å². The van der Waals surface area contributed by atoms with Crippen molar-refractivity contribution in [3.8, 4) is 0 Å². The van der Waals surface area contributed by atoms with E-state index in [4.69, 9.17) is 4.84 Å². The van der Waals surface area contributed by atoms with Crippen molar-refractivity contribution in [2.45, 2.75) is 31.0 Å². The number of thioether (sulfide) groups is 1. The van der Waals surface area contributed by atoms with Crippen LogP contribution in [0.15, 0.2) is 28.5 Å². The Hall–Kier alpha value is -1.96. The smallest absolute Gasteiger partial charge is 0.208 e. The summed E-state index contributed by atoms with van der Waals surface area (Å²) in [4.78, 5) is 9.53. The number of aromatic amines is 1. The molecule has 1 atom stereocenters. The lowest BCUT2D eigenvalue weighted by atomic mass is 10.0. The van der Waals surface area contributed by atoms with E-state index < -0.39 is 11.6 Å². The predicted molar refractivity (Wildman–Crippen MR) is 78.9 cm³/mol. The van der Waals surface area contributed by atoms with Gasteiger partial charge in [0, 0.05) is 18.6 Å². The number of hydrogen-bond acceptors (Lipinski definition) is 5. The third kappa shape index (κ3) is 3.11. The molecule has 0 bridgehead atoms. The molecule has 1 N–H and O–H groups in total. The molecule has 1 unspecified atom stereocenters. The summed E-state index contributed by atoms with van der Waals surface area (Å²) in [6.45, 7) is 1.98. The van der Waals surface area contributed by atoms with Gasteiger partial charge in [0.15, 0.2) is 0 Å². The van der Waals surface area contributed by atoms with Gasteiger partial charge in [-0.1, -0.05) is 29.9 Å². The Morgan fingerprint density at radius 3 is 2.82 bits per heavy atom. The minimum atomic E-state index is -0.628. The highest BCUT2D eigenvalue weighted by Gasteiger charge is 2.26. The van der Waals surface area contributed by atoms with Crippen LogP contribution in [0.5, 0.6) is 0 Å². The normalized spacial score (nSPS) is 17.4. The molecule has 0 amide bonds. The van der Waals surface area contributed by atoms with E-state index in [2.05, 4.69) is 20.3 Å². The van der Waals surface area contributed by atoms with Crippen LogP contribution in [0.4, 0.5) is 8.78 Å². The second kappa shape index (κ2) is 6.43.